The van der Waals surface area contributed by atoms with E-state index in [1.807, 2.05) is 39.8 Å². The molecule has 0 saturated carbocycles. The van der Waals surface area contributed by atoms with Gasteiger partial charge in [-0.2, -0.15) is 4.37 Å². The molecular formula is C20H22N4O3S. The van der Waals surface area contributed by atoms with E-state index in [9.17, 15) is 4.79 Å². The summed E-state index contributed by atoms with van der Waals surface area (Å²) in [6.45, 7) is 7.56. The van der Waals surface area contributed by atoms with Gasteiger partial charge in [0.25, 0.3) is 0 Å². The molecule has 0 radical (unpaired) electrons. The molecule has 0 N–H and O–H groups in total. The maximum Gasteiger partial charge on any atom is 0.340 e. The Morgan fingerprint density at radius 1 is 1.11 bits per heavy atom. The van der Waals surface area contributed by atoms with Gasteiger partial charge in [0.15, 0.2) is 5.82 Å². The van der Waals surface area contributed by atoms with Crippen molar-refractivity contribution in [2.24, 2.45) is 0 Å². The van der Waals surface area contributed by atoms with E-state index in [0.717, 1.165) is 5.01 Å². The SMILES string of the molecule is CC(C)OC(=O)c1cccnc1Cc1nc(-c2ccc(OC(C)C)cn2)ns1. The fourth-order valence-corrected chi connectivity index (χ4v) is 3.13. The summed E-state index contributed by atoms with van der Waals surface area (Å²) in [4.78, 5) is 25.5. The second-order valence-electron chi connectivity index (χ2n) is 6.69. The van der Waals surface area contributed by atoms with Gasteiger partial charge in [0.05, 0.1) is 29.7 Å². The number of aromatic nitrogens is 4. The Bertz CT molecular complexity index is 939. The van der Waals surface area contributed by atoms with Crippen molar-refractivity contribution in [2.45, 2.75) is 46.3 Å². The molecule has 3 aromatic rings. The van der Waals surface area contributed by atoms with Crippen molar-refractivity contribution in [3.05, 3.63) is 52.9 Å². The maximum atomic E-state index is 12.3. The number of esters is 1. The highest BCUT2D eigenvalue weighted by atomic mass is 32.1. The van der Waals surface area contributed by atoms with E-state index < -0.39 is 0 Å². The summed E-state index contributed by atoms with van der Waals surface area (Å²) in [6, 6.07) is 7.11. The lowest BCUT2D eigenvalue weighted by molar-refractivity contribution is 0.0376. The zero-order chi connectivity index (χ0) is 20.1. The normalized spacial score (nSPS) is 11.1. The Balaban J connectivity index is 1.76. The van der Waals surface area contributed by atoms with Crippen molar-refractivity contribution >= 4 is 17.5 Å². The summed E-state index contributed by atoms with van der Waals surface area (Å²) >= 11 is 1.26. The van der Waals surface area contributed by atoms with Crippen LogP contribution in [0.4, 0.5) is 0 Å². The Labute approximate surface area is 168 Å². The van der Waals surface area contributed by atoms with Gasteiger partial charge in [0.2, 0.25) is 0 Å². The maximum absolute atomic E-state index is 12.3. The average Bonchev–Trinajstić information content (AvgIpc) is 3.10. The molecule has 0 bridgehead atoms. The summed E-state index contributed by atoms with van der Waals surface area (Å²) in [5.74, 6) is 0.861. The van der Waals surface area contributed by atoms with Crippen molar-refractivity contribution in [3.63, 3.8) is 0 Å². The zero-order valence-corrected chi connectivity index (χ0v) is 17.1. The molecule has 0 aliphatic carbocycles. The minimum atomic E-state index is -0.384. The predicted octanol–water partition coefficient (Wildman–Crippen LogP) is 3.94. The van der Waals surface area contributed by atoms with Gasteiger partial charge in [-0.15, -0.1) is 0 Å². The molecule has 0 spiro atoms. The molecule has 7 nitrogen and oxygen atoms in total. The molecule has 0 aromatic carbocycles. The Morgan fingerprint density at radius 3 is 2.61 bits per heavy atom. The second kappa shape index (κ2) is 8.88. The highest BCUT2D eigenvalue weighted by Crippen LogP contribution is 2.21. The summed E-state index contributed by atoms with van der Waals surface area (Å²) in [5.41, 5.74) is 1.73. The number of pyridine rings is 2. The first kappa shape index (κ1) is 19.9. The van der Waals surface area contributed by atoms with E-state index >= 15 is 0 Å². The van der Waals surface area contributed by atoms with Crippen LogP contribution in [0.15, 0.2) is 36.7 Å². The van der Waals surface area contributed by atoms with Crippen LogP contribution in [0, 0.1) is 0 Å². The monoisotopic (exact) mass is 398 g/mol. The quantitative estimate of drug-likeness (QED) is 0.557. The van der Waals surface area contributed by atoms with Crippen LogP contribution < -0.4 is 4.74 Å². The standard InChI is InChI=1S/C20H22N4O3S/c1-12(2)26-14-7-8-16(22-11-14)19-23-18(28-24-19)10-17-15(6-5-9-21-17)20(25)27-13(3)4/h5-9,11-13H,10H2,1-4H3. The minimum Gasteiger partial charge on any atom is -0.489 e. The molecule has 0 saturated heterocycles. The Hall–Kier alpha value is -2.87. The van der Waals surface area contributed by atoms with Crippen LogP contribution in [0.2, 0.25) is 0 Å². The third-order valence-electron chi connectivity index (χ3n) is 3.58. The summed E-state index contributed by atoms with van der Waals surface area (Å²) in [5, 5.41) is 0.747. The predicted molar refractivity (Wildman–Crippen MR) is 106 cm³/mol. The van der Waals surface area contributed by atoms with Crippen LogP contribution in [-0.4, -0.2) is 37.5 Å². The highest BCUT2D eigenvalue weighted by molar-refractivity contribution is 7.05. The van der Waals surface area contributed by atoms with Gasteiger partial charge in [0.1, 0.15) is 16.5 Å². The number of ether oxygens (including phenoxy) is 2. The van der Waals surface area contributed by atoms with Crippen molar-refractivity contribution in [1.29, 1.82) is 0 Å². The van der Waals surface area contributed by atoms with Crippen molar-refractivity contribution in [3.8, 4) is 17.3 Å². The second-order valence-corrected chi connectivity index (χ2v) is 7.52. The third-order valence-corrected chi connectivity index (χ3v) is 4.29. The first-order valence-corrected chi connectivity index (χ1v) is 9.80. The lowest BCUT2D eigenvalue weighted by atomic mass is 10.1. The van der Waals surface area contributed by atoms with Gasteiger partial charge in [-0.25, -0.2) is 14.8 Å². The van der Waals surface area contributed by atoms with Crippen LogP contribution >= 0.6 is 11.5 Å². The molecule has 0 aliphatic rings. The fraction of sp³-hybridized carbons (Fsp3) is 0.350. The molecule has 8 heteroatoms. The van der Waals surface area contributed by atoms with Crippen LogP contribution in [0.3, 0.4) is 0 Å². The van der Waals surface area contributed by atoms with Gasteiger partial charge in [0, 0.05) is 12.6 Å². The van der Waals surface area contributed by atoms with Crippen LogP contribution in [0.25, 0.3) is 11.5 Å². The van der Waals surface area contributed by atoms with E-state index in [4.69, 9.17) is 9.47 Å². The number of hydrogen-bond donors (Lipinski definition) is 0. The van der Waals surface area contributed by atoms with Gasteiger partial charge >= 0.3 is 5.97 Å². The van der Waals surface area contributed by atoms with Crippen LogP contribution in [0.1, 0.15) is 48.8 Å². The largest absolute Gasteiger partial charge is 0.489 e. The smallest absolute Gasteiger partial charge is 0.340 e. The lowest BCUT2D eigenvalue weighted by Gasteiger charge is -2.10. The van der Waals surface area contributed by atoms with Crippen molar-refractivity contribution < 1.29 is 14.3 Å². The van der Waals surface area contributed by atoms with Crippen LogP contribution in [0.5, 0.6) is 5.75 Å². The van der Waals surface area contributed by atoms with Gasteiger partial charge < -0.3 is 9.47 Å². The van der Waals surface area contributed by atoms with Gasteiger partial charge in [-0.3, -0.25) is 4.98 Å². The van der Waals surface area contributed by atoms with Gasteiger partial charge in [-0.05, 0) is 63.5 Å². The topological polar surface area (TPSA) is 87.1 Å². The van der Waals surface area contributed by atoms with E-state index in [1.54, 1.807) is 24.5 Å². The van der Waals surface area contributed by atoms with Crippen molar-refractivity contribution in [1.82, 2.24) is 19.3 Å². The Morgan fingerprint density at radius 2 is 1.93 bits per heavy atom. The number of carbonyl (C=O) groups excluding carboxylic acids is 1. The number of nitrogens with zero attached hydrogens (tertiary/aromatic N) is 4. The van der Waals surface area contributed by atoms with E-state index in [0.29, 0.717) is 34.9 Å². The molecule has 0 fully saturated rings. The molecule has 28 heavy (non-hydrogen) atoms. The molecule has 3 rings (SSSR count). The molecular weight excluding hydrogens is 376 g/mol. The summed E-state index contributed by atoms with van der Waals surface area (Å²) < 4.78 is 15.3. The molecule has 0 aliphatic heterocycles. The molecule has 0 amide bonds. The average molecular weight is 398 g/mol. The third kappa shape index (κ3) is 5.10. The van der Waals surface area contributed by atoms with Crippen molar-refractivity contribution in [2.75, 3.05) is 0 Å². The van der Waals surface area contributed by atoms with E-state index in [1.165, 1.54) is 11.5 Å². The van der Waals surface area contributed by atoms with Gasteiger partial charge in [-0.1, -0.05) is 0 Å². The summed E-state index contributed by atoms with van der Waals surface area (Å²) in [6.07, 6.45) is 3.61. The molecule has 0 unspecified atom stereocenters. The number of carbonyl (C=O) groups is 1. The molecule has 3 aromatic heterocycles. The van der Waals surface area contributed by atoms with Crippen LogP contribution in [-0.2, 0) is 11.2 Å². The Kier molecular flexibility index (Phi) is 6.30. The zero-order valence-electron chi connectivity index (χ0n) is 16.2. The first-order valence-electron chi connectivity index (χ1n) is 9.03. The fourth-order valence-electron chi connectivity index (χ4n) is 2.47. The van der Waals surface area contributed by atoms with E-state index in [2.05, 4.69) is 19.3 Å². The number of rotatable bonds is 7. The highest BCUT2D eigenvalue weighted by Gasteiger charge is 2.17. The first-order chi connectivity index (χ1) is 13.4. The molecule has 3 heterocycles. The summed E-state index contributed by atoms with van der Waals surface area (Å²) in [7, 11) is 0. The number of hydrogen-bond acceptors (Lipinski definition) is 8. The molecule has 146 valence electrons. The van der Waals surface area contributed by atoms with E-state index in [-0.39, 0.29) is 18.2 Å². The molecule has 0 atom stereocenters. The lowest BCUT2D eigenvalue weighted by Crippen LogP contribution is -2.14. The minimum absolute atomic E-state index is 0.0894.